The molecule has 0 spiro atoms. The van der Waals surface area contributed by atoms with Gasteiger partial charge in [0.1, 0.15) is 17.1 Å². The molecule has 1 amide bonds. The Bertz CT molecular complexity index is 1120. The summed E-state index contributed by atoms with van der Waals surface area (Å²) in [4.78, 5) is 19.2. The van der Waals surface area contributed by atoms with E-state index < -0.39 is 0 Å². The molecule has 0 atom stereocenters. The van der Waals surface area contributed by atoms with Crippen molar-refractivity contribution >= 4 is 17.0 Å². The van der Waals surface area contributed by atoms with E-state index in [-0.39, 0.29) is 17.6 Å². The molecule has 29 heavy (non-hydrogen) atoms. The number of hydrogen-bond donors (Lipinski definition) is 0. The fraction of sp³-hybridized carbons (Fsp3) is 0.217. The minimum Gasteiger partial charge on any atom is -0.451 e. The number of carbonyl (C=O) groups is 1. The number of oxazole rings is 1. The van der Waals surface area contributed by atoms with Gasteiger partial charge in [0.2, 0.25) is 0 Å². The van der Waals surface area contributed by atoms with E-state index in [0.717, 1.165) is 35.4 Å². The number of aromatic nitrogens is 1. The van der Waals surface area contributed by atoms with Crippen LogP contribution in [0.2, 0.25) is 0 Å². The number of hydrogen-bond acceptors (Lipinski definition) is 4. The zero-order valence-electron chi connectivity index (χ0n) is 15.7. The molecule has 0 aliphatic carbocycles. The maximum atomic E-state index is 13.1. The molecule has 5 nitrogen and oxygen atoms in total. The largest absolute Gasteiger partial charge is 0.451 e. The van der Waals surface area contributed by atoms with Gasteiger partial charge < -0.3 is 13.7 Å². The zero-order valence-corrected chi connectivity index (χ0v) is 15.7. The first-order valence-electron chi connectivity index (χ1n) is 9.68. The second-order valence-corrected chi connectivity index (χ2v) is 7.26. The molecule has 1 fully saturated rings. The molecular weight excluding hydrogens is 371 g/mol. The Hall–Kier alpha value is -3.41. The lowest BCUT2D eigenvalue weighted by atomic mass is 9.96. The van der Waals surface area contributed by atoms with Crippen molar-refractivity contribution in [1.82, 2.24) is 9.88 Å². The molecule has 0 saturated carbocycles. The van der Waals surface area contributed by atoms with Gasteiger partial charge in [0.25, 0.3) is 5.91 Å². The Kier molecular flexibility index (Phi) is 4.39. The van der Waals surface area contributed by atoms with Crippen LogP contribution in [0.5, 0.6) is 0 Å². The van der Waals surface area contributed by atoms with E-state index in [1.165, 1.54) is 12.1 Å². The number of furan rings is 1. The highest BCUT2D eigenvalue weighted by atomic mass is 19.1. The third-order valence-electron chi connectivity index (χ3n) is 5.39. The standard InChI is InChI=1S/C23H19FN2O3/c24-17-7-5-15(6-8-17)19-9-10-21(28-19)23(27)26-13-11-16(12-14-26)22-25-18-3-1-2-4-20(18)29-22/h1-10,16H,11-14H2. The van der Waals surface area contributed by atoms with E-state index in [9.17, 15) is 9.18 Å². The molecule has 3 heterocycles. The van der Waals surface area contributed by atoms with Crippen LogP contribution >= 0.6 is 0 Å². The number of rotatable bonds is 3. The van der Waals surface area contributed by atoms with E-state index >= 15 is 0 Å². The Morgan fingerprint density at radius 1 is 0.966 bits per heavy atom. The Morgan fingerprint density at radius 3 is 2.48 bits per heavy atom. The van der Waals surface area contributed by atoms with Crippen molar-refractivity contribution < 1.29 is 18.0 Å². The van der Waals surface area contributed by atoms with Gasteiger partial charge in [-0.05, 0) is 61.4 Å². The van der Waals surface area contributed by atoms with Gasteiger partial charge in [-0.1, -0.05) is 12.1 Å². The molecule has 2 aromatic carbocycles. The number of carbonyl (C=O) groups excluding carboxylic acids is 1. The van der Waals surface area contributed by atoms with Crippen molar-refractivity contribution in [3.8, 4) is 11.3 Å². The number of amides is 1. The summed E-state index contributed by atoms with van der Waals surface area (Å²) >= 11 is 0. The fourth-order valence-electron chi connectivity index (χ4n) is 3.77. The first kappa shape index (κ1) is 17.7. The molecule has 1 saturated heterocycles. The normalized spacial score (nSPS) is 15.1. The predicted molar refractivity (Wildman–Crippen MR) is 106 cm³/mol. The minimum atomic E-state index is -0.307. The first-order valence-corrected chi connectivity index (χ1v) is 9.68. The van der Waals surface area contributed by atoms with Crippen molar-refractivity contribution in [2.24, 2.45) is 0 Å². The van der Waals surface area contributed by atoms with Gasteiger partial charge in [-0.2, -0.15) is 0 Å². The Morgan fingerprint density at radius 2 is 1.72 bits per heavy atom. The average Bonchev–Trinajstić information content (AvgIpc) is 3.41. The third kappa shape index (κ3) is 3.42. The van der Waals surface area contributed by atoms with Crippen LogP contribution in [-0.2, 0) is 0 Å². The second kappa shape index (κ2) is 7.20. The minimum absolute atomic E-state index is 0.130. The topological polar surface area (TPSA) is 59.5 Å². The van der Waals surface area contributed by atoms with Crippen molar-refractivity contribution in [2.75, 3.05) is 13.1 Å². The van der Waals surface area contributed by atoms with Crippen LogP contribution in [0.25, 0.3) is 22.4 Å². The second-order valence-electron chi connectivity index (χ2n) is 7.26. The summed E-state index contributed by atoms with van der Waals surface area (Å²) in [7, 11) is 0. The van der Waals surface area contributed by atoms with E-state index in [0.29, 0.717) is 24.6 Å². The lowest BCUT2D eigenvalue weighted by Crippen LogP contribution is -2.37. The molecule has 0 bridgehead atoms. The van der Waals surface area contributed by atoms with Gasteiger partial charge in [0.15, 0.2) is 17.2 Å². The summed E-state index contributed by atoms with van der Waals surface area (Å²) < 4.78 is 24.7. The van der Waals surface area contributed by atoms with E-state index in [1.54, 1.807) is 29.2 Å². The number of likely N-dealkylation sites (tertiary alicyclic amines) is 1. The number of benzene rings is 2. The van der Waals surface area contributed by atoms with Crippen LogP contribution in [0.3, 0.4) is 0 Å². The molecule has 0 unspecified atom stereocenters. The van der Waals surface area contributed by atoms with E-state index in [1.807, 2.05) is 24.3 Å². The molecule has 146 valence electrons. The van der Waals surface area contributed by atoms with Crippen LogP contribution in [0.4, 0.5) is 4.39 Å². The smallest absolute Gasteiger partial charge is 0.289 e. The van der Waals surface area contributed by atoms with E-state index in [2.05, 4.69) is 4.98 Å². The Balaban J connectivity index is 1.26. The lowest BCUT2D eigenvalue weighted by Gasteiger charge is -2.29. The molecule has 5 rings (SSSR count). The number of piperidine rings is 1. The quantitative estimate of drug-likeness (QED) is 0.480. The monoisotopic (exact) mass is 390 g/mol. The average molecular weight is 390 g/mol. The summed E-state index contributed by atoms with van der Waals surface area (Å²) in [5, 5.41) is 0. The van der Waals surface area contributed by atoms with Crippen LogP contribution < -0.4 is 0 Å². The van der Waals surface area contributed by atoms with Crippen molar-refractivity contribution in [3.05, 3.63) is 78.1 Å². The number of halogens is 1. The summed E-state index contributed by atoms with van der Waals surface area (Å²) in [6.07, 6.45) is 1.59. The summed E-state index contributed by atoms with van der Waals surface area (Å²) in [5.41, 5.74) is 2.40. The molecular formula is C23H19FN2O3. The maximum absolute atomic E-state index is 13.1. The zero-order chi connectivity index (χ0) is 19.8. The summed E-state index contributed by atoms with van der Waals surface area (Å²) in [6.45, 7) is 1.24. The highest BCUT2D eigenvalue weighted by Crippen LogP contribution is 2.31. The molecule has 4 aromatic rings. The van der Waals surface area contributed by atoms with Crippen molar-refractivity contribution in [1.29, 1.82) is 0 Å². The van der Waals surface area contributed by atoms with Gasteiger partial charge >= 0.3 is 0 Å². The van der Waals surface area contributed by atoms with Crippen LogP contribution in [0.1, 0.15) is 35.2 Å². The highest BCUT2D eigenvalue weighted by molar-refractivity contribution is 5.92. The molecule has 2 aromatic heterocycles. The molecule has 0 radical (unpaired) electrons. The molecule has 1 aliphatic rings. The van der Waals surface area contributed by atoms with Gasteiger partial charge in [0, 0.05) is 24.6 Å². The SMILES string of the molecule is O=C(c1ccc(-c2ccc(F)cc2)o1)N1CCC(c2nc3ccccc3o2)CC1. The molecule has 6 heteroatoms. The first-order chi connectivity index (χ1) is 14.2. The number of para-hydroxylation sites is 2. The van der Waals surface area contributed by atoms with Crippen LogP contribution in [0.15, 0.2) is 69.5 Å². The molecule has 1 aliphatic heterocycles. The fourth-order valence-corrected chi connectivity index (χ4v) is 3.77. The predicted octanol–water partition coefficient (Wildman–Crippen LogP) is 5.25. The van der Waals surface area contributed by atoms with Gasteiger partial charge in [-0.15, -0.1) is 0 Å². The Labute approximate surface area is 166 Å². The third-order valence-corrected chi connectivity index (χ3v) is 5.39. The van der Waals surface area contributed by atoms with Crippen molar-refractivity contribution in [2.45, 2.75) is 18.8 Å². The summed E-state index contributed by atoms with van der Waals surface area (Å²) in [6, 6.07) is 17.2. The van der Waals surface area contributed by atoms with Crippen LogP contribution in [-0.4, -0.2) is 28.9 Å². The summed E-state index contributed by atoms with van der Waals surface area (Å²) in [5.74, 6) is 1.36. The van der Waals surface area contributed by atoms with E-state index in [4.69, 9.17) is 8.83 Å². The van der Waals surface area contributed by atoms with Crippen LogP contribution in [0, 0.1) is 5.82 Å². The van der Waals surface area contributed by atoms with Gasteiger partial charge in [0.05, 0.1) is 0 Å². The lowest BCUT2D eigenvalue weighted by molar-refractivity contribution is 0.0675. The maximum Gasteiger partial charge on any atom is 0.289 e. The number of nitrogens with zero attached hydrogens (tertiary/aromatic N) is 2. The molecule has 0 N–H and O–H groups in total. The van der Waals surface area contributed by atoms with Gasteiger partial charge in [-0.25, -0.2) is 9.37 Å². The number of fused-ring (bicyclic) bond motifs is 1. The van der Waals surface area contributed by atoms with Crippen molar-refractivity contribution in [3.63, 3.8) is 0 Å². The highest BCUT2D eigenvalue weighted by Gasteiger charge is 2.28. The van der Waals surface area contributed by atoms with Gasteiger partial charge in [-0.3, -0.25) is 4.79 Å².